The summed E-state index contributed by atoms with van der Waals surface area (Å²) < 4.78 is 33.1. The van der Waals surface area contributed by atoms with Crippen LogP contribution in [0.15, 0.2) is 60.9 Å². The molecule has 10 nitrogen and oxygen atoms in total. The number of aromatic nitrogens is 3. The molecule has 0 radical (unpaired) electrons. The number of amides is 2. The molecule has 2 aliphatic rings. The standard InChI is InChI=1S/C31H30F2N6O4/c1-18-9-10-21-22(6-2-8-24(21)37-27(40)19-15-31(32,33)16-19)26(18)43-28-23(7-3-12-34-28)25-11-13-35-29(38-25)36-20-5-4-14-39(17-20)30(41)42/h2-3,6-13,19-20H,4-5,14-17H2,1H3,(H,37,40)(H,41,42)(H,35,36,38). The van der Waals surface area contributed by atoms with Gasteiger partial charge in [0.05, 0.1) is 11.3 Å². The second-order valence-corrected chi connectivity index (χ2v) is 11.0. The highest BCUT2D eigenvalue weighted by atomic mass is 19.3. The lowest BCUT2D eigenvalue weighted by atomic mass is 9.80. The number of nitrogens with zero attached hydrogens (tertiary/aromatic N) is 4. The number of benzene rings is 2. The molecule has 12 heteroatoms. The molecule has 0 spiro atoms. The van der Waals surface area contributed by atoms with Gasteiger partial charge in [-0.15, -0.1) is 0 Å². The lowest BCUT2D eigenvalue weighted by Crippen LogP contribution is -2.44. The van der Waals surface area contributed by atoms with Gasteiger partial charge in [-0.25, -0.2) is 28.5 Å². The molecule has 2 amide bonds. The minimum Gasteiger partial charge on any atom is -0.465 e. The average molecular weight is 589 g/mol. The highest BCUT2D eigenvalue weighted by molar-refractivity contribution is 6.05. The predicted molar refractivity (Wildman–Crippen MR) is 157 cm³/mol. The number of hydrogen-bond donors (Lipinski definition) is 3. The third-order valence-corrected chi connectivity index (χ3v) is 7.85. The number of piperidine rings is 1. The summed E-state index contributed by atoms with van der Waals surface area (Å²) in [5, 5.41) is 16.9. The molecule has 2 fully saturated rings. The predicted octanol–water partition coefficient (Wildman–Crippen LogP) is 6.33. The SMILES string of the molecule is Cc1ccc2c(NC(=O)C3CC(F)(F)C3)cccc2c1Oc1ncccc1-c1ccnc(NC2CCCN(C(=O)O)C2)n1. The van der Waals surface area contributed by atoms with Gasteiger partial charge >= 0.3 is 6.09 Å². The zero-order valence-electron chi connectivity index (χ0n) is 23.4. The molecule has 1 aliphatic carbocycles. The Morgan fingerprint density at radius 2 is 1.88 bits per heavy atom. The van der Waals surface area contributed by atoms with Gasteiger partial charge < -0.3 is 25.4 Å². The van der Waals surface area contributed by atoms with Crippen LogP contribution in [0.2, 0.25) is 0 Å². The van der Waals surface area contributed by atoms with Crippen molar-refractivity contribution >= 4 is 34.4 Å². The summed E-state index contributed by atoms with van der Waals surface area (Å²) in [6.07, 6.45) is 2.95. The fraction of sp³-hybridized carbons (Fsp3) is 0.323. The molecule has 1 aliphatic heterocycles. The van der Waals surface area contributed by atoms with Crippen molar-refractivity contribution in [3.05, 3.63) is 66.5 Å². The second-order valence-electron chi connectivity index (χ2n) is 11.0. The van der Waals surface area contributed by atoms with Gasteiger partial charge in [0.2, 0.25) is 23.7 Å². The number of alkyl halides is 2. The summed E-state index contributed by atoms with van der Waals surface area (Å²) in [6.45, 7) is 2.75. The Morgan fingerprint density at radius 1 is 1.05 bits per heavy atom. The molecule has 3 heterocycles. The zero-order chi connectivity index (χ0) is 30.1. The first-order valence-electron chi connectivity index (χ1n) is 14.1. The highest BCUT2D eigenvalue weighted by Crippen LogP contribution is 2.43. The van der Waals surface area contributed by atoms with Gasteiger partial charge in [0.1, 0.15) is 5.75 Å². The first-order chi connectivity index (χ1) is 20.7. The zero-order valence-corrected chi connectivity index (χ0v) is 23.4. The first-order valence-corrected chi connectivity index (χ1v) is 14.1. The van der Waals surface area contributed by atoms with E-state index in [-0.39, 0.29) is 6.04 Å². The molecule has 1 unspecified atom stereocenters. The van der Waals surface area contributed by atoms with Crippen molar-refractivity contribution in [2.75, 3.05) is 23.7 Å². The molecular formula is C31H30F2N6O4. The number of carboxylic acid groups (broad SMARTS) is 1. The van der Waals surface area contributed by atoms with E-state index in [0.29, 0.717) is 53.0 Å². The third-order valence-electron chi connectivity index (χ3n) is 7.85. The van der Waals surface area contributed by atoms with Gasteiger partial charge in [-0.2, -0.15) is 0 Å². The smallest absolute Gasteiger partial charge is 0.407 e. The quantitative estimate of drug-likeness (QED) is 0.228. The Bertz CT molecular complexity index is 1690. The minimum atomic E-state index is -2.78. The third kappa shape index (κ3) is 6.04. The Labute approximate surface area is 246 Å². The van der Waals surface area contributed by atoms with Crippen molar-refractivity contribution in [3.63, 3.8) is 0 Å². The van der Waals surface area contributed by atoms with Crippen LogP contribution in [0.4, 0.5) is 25.2 Å². The van der Waals surface area contributed by atoms with Gasteiger partial charge in [-0.1, -0.05) is 24.3 Å². The number of likely N-dealkylation sites (tertiary alicyclic amines) is 1. The number of anilines is 2. The summed E-state index contributed by atoms with van der Waals surface area (Å²) in [6, 6.07) is 14.3. The number of halogens is 2. The average Bonchev–Trinajstić information content (AvgIpc) is 2.98. The summed E-state index contributed by atoms with van der Waals surface area (Å²) >= 11 is 0. The van der Waals surface area contributed by atoms with Gasteiger partial charge in [-0.05, 0) is 49.6 Å². The maximum atomic E-state index is 13.3. The van der Waals surface area contributed by atoms with Gasteiger partial charge in [0, 0.05) is 66.7 Å². The molecule has 4 aromatic rings. The summed E-state index contributed by atoms with van der Waals surface area (Å²) in [7, 11) is 0. The number of pyridine rings is 1. The van der Waals surface area contributed by atoms with E-state index in [4.69, 9.17) is 4.74 Å². The lowest BCUT2D eigenvalue weighted by molar-refractivity contribution is -0.145. The monoisotopic (exact) mass is 588 g/mol. The van der Waals surface area contributed by atoms with Crippen LogP contribution in [0, 0.1) is 12.8 Å². The topological polar surface area (TPSA) is 130 Å². The summed E-state index contributed by atoms with van der Waals surface area (Å²) in [5.41, 5.74) is 2.53. The number of carbonyl (C=O) groups is 2. The number of rotatable bonds is 7. The van der Waals surface area contributed by atoms with Crippen molar-refractivity contribution < 1.29 is 28.2 Å². The van der Waals surface area contributed by atoms with E-state index >= 15 is 0 Å². The van der Waals surface area contributed by atoms with Crippen molar-refractivity contribution in [1.82, 2.24) is 19.9 Å². The molecule has 2 aromatic carbocycles. The van der Waals surface area contributed by atoms with Crippen molar-refractivity contribution in [3.8, 4) is 22.9 Å². The fourth-order valence-electron chi connectivity index (χ4n) is 5.56. The van der Waals surface area contributed by atoms with E-state index in [1.807, 2.05) is 31.2 Å². The number of aryl methyl sites for hydroxylation is 1. The number of nitrogens with one attached hydrogen (secondary N) is 2. The van der Waals surface area contributed by atoms with Crippen LogP contribution in [0.1, 0.15) is 31.2 Å². The van der Waals surface area contributed by atoms with Crippen molar-refractivity contribution in [2.24, 2.45) is 5.92 Å². The molecule has 1 saturated heterocycles. The number of hydrogen-bond acceptors (Lipinski definition) is 7. The van der Waals surface area contributed by atoms with Crippen LogP contribution in [0.3, 0.4) is 0 Å². The molecular weight excluding hydrogens is 558 g/mol. The number of ether oxygens (including phenoxy) is 1. The first kappa shape index (κ1) is 28.3. The van der Waals surface area contributed by atoms with Gasteiger partial charge in [0.25, 0.3) is 0 Å². The fourth-order valence-corrected chi connectivity index (χ4v) is 5.56. The normalized spacial score (nSPS) is 18.1. The Balaban J connectivity index is 1.26. The number of fused-ring (bicyclic) bond motifs is 1. The van der Waals surface area contributed by atoms with Crippen molar-refractivity contribution in [1.29, 1.82) is 0 Å². The molecule has 1 saturated carbocycles. The van der Waals surface area contributed by atoms with Crippen molar-refractivity contribution in [2.45, 2.75) is 44.6 Å². The Kier molecular flexibility index (Phi) is 7.51. The van der Waals surface area contributed by atoms with E-state index in [2.05, 4.69) is 25.6 Å². The second kappa shape index (κ2) is 11.4. The van der Waals surface area contributed by atoms with Crippen LogP contribution < -0.4 is 15.4 Å². The maximum Gasteiger partial charge on any atom is 0.407 e. The van der Waals surface area contributed by atoms with E-state index < -0.39 is 36.7 Å². The maximum absolute atomic E-state index is 13.3. The van der Waals surface area contributed by atoms with E-state index in [9.17, 15) is 23.5 Å². The van der Waals surface area contributed by atoms with Crippen LogP contribution in [-0.2, 0) is 4.79 Å². The molecule has 6 rings (SSSR count). The molecule has 2 aromatic heterocycles. The van der Waals surface area contributed by atoms with E-state index in [0.717, 1.165) is 23.8 Å². The van der Waals surface area contributed by atoms with Crippen LogP contribution in [0.25, 0.3) is 22.0 Å². The van der Waals surface area contributed by atoms with Crippen LogP contribution >= 0.6 is 0 Å². The summed E-state index contributed by atoms with van der Waals surface area (Å²) in [4.78, 5) is 38.9. The highest BCUT2D eigenvalue weighted by Gasteiger charge is 2.48. The Morgan fingerprint density at radius 3 is 2.67 bits per heavy atom. The molecule has 3 N–H and O–H groups in total. The van der Waals surface area contributed by atoms with Crippen LogP contribution in [-0.4, -0.2) is 62.0 Å². The minimum absolute atomic E-state index is 0.112. The van der Waals surface area contributed by atoms with E-state index in [1.165, 1.54) is 4.90 Å². The van der Waals surface area contributed by atoms with Gasteiger partial charge in [0.15, 0.2) is 0 Å². The Hall–Kier alpha value is -4.87. The molecule has 43 heavy (non-hydrogen) atoms. The molecule has 0 bridgehead atoms. The van der Waals surface area contributed by atoms with E-state index in [1.54, 1.807) is 36.7 Å². The molecule has 222 valence electrons. The van der Waals surface area contributed by atoms with Crippen LogP contribution in [0.5, 0.6) is 11.6 Å². The van der Waals surface area contributed by atoms with Gasteiger partial charge in [-0.3, -0.25) is 4.79 Å². The molecule has 1 atom stereocenters. The summed E-state index contributed by atoms with van der Waals surface area (Å²) in [5.74, 6) is -2.71. The lowest BCUT2D eigenvalue weighted by Gasteiger charge is -2.33. The number of carbonyl (C=O) groups excluding carboxylic acids is 1. The largest absolute Gasteiger partial charge is 0.465 e.